The SMILES string of the molecule is Cl.O=C(c1ccc(Cl)s1)N1CCNCC1c1cccnc1. The van der Waals surface area contributed by atoms with Gasteiger partial charge in [-0.2, -0.15) is 0 Å². The average Bonchev–Trinajstić information content (AvgIpc) is 2.94. The van der Waals surface area contributed by atoms with Crippen LogP contribution in [0.5, 0.6) is 0 Å². The maximum atomic E-state index is 12.6. The molecule has 1 saturated heterocycles. The summed E-state index contributed by atoms with van der Waals surface area (Å²) < 4.78 is 0.640. The van der Waals surface area contributed by atoms with Gasteiger partial charge in [0.1, 0.15) is 0 Å². The highest BCUT2D eigenvalue weighted by Gasteiger charge is 2.29. The first-order chi connectivity index (χ1) is 9.75. The van der Waals surface area contributed by atoms with Gasteiger partial charge < -0.3 is 10.2 Å². The van der Waals surface area contributed by atoms with Gasteiger partial charge >= 0.3 is 0 Å². The third kappa shape index (κ3) is 3.55. The quantitative estimate of drug-likeness (QED) is 0.911. The predicted molar refractivity (Wildman–Crippen MR) is 87.5 cm³/mol. The summed E-state index contributed by atoms with van der Waals surface area (Å²) in [6.45, 7) is 2.24. The number of carbonyl (C=O) groups excluding carboxylic acids is 1. The standard InChI is InChI=1S/C14H14ClN3OS.ClH/c15-13-4-3-12(20-13)14(19)18-7-6-17-9-11(18)10-2-1-5-16-8-10;/h1-5,8,11,17H,6-7,9H2;1H. The molecule has 7 heteroatoms. The van der Waals surface area contributed by atoms with Crippen molar-refractivity contribution in [2.75, 3.05) is 19.6 Å². The minimum absolute atomic E-state index is 0. The van der Waals surface area contributed by atoms with Gasteiger partial charge in [-0.25, -0.2) is 0 Å². The second-order valence-corrected chi connectivity index (χ2v) is 6.32. The molecule has 2 aromatic rings. The number of hydrogen-bond donors (Lipinski definition) is 1. The van der Waals surface area contributed by atoms with Crippen molar-refractivity contribution in [3.05, 3.63) is 51.4 Å². The van der Waals surface area contributed by atoms with Crippen molar-refractivity contribution < 1.29 is 4.79 Å². The van der Waals surface area contributed by atoms with Gasteiger partial charge in [0.15, 0.2) is 0 Å². The molecular formula is C14H15Cl2N3OS. The number of nitrogens with one attached hydrogen (secondary N) is 1. The van der Waals surface area contributed by atoms with Crippen molar-refractivity contribution in [1.29, 1.82) is 0 Å². The molecule has 0 bridgehead atoms. The number of aromatic nitrogens is 1. The molecule has 0 saturated carbocycles. The number of rotatable bonds is 2. The average molecular weight is 344 g/mol. The molecule has 3 rings (SSSR count). The molecule has 112 valence electrons. The van der Waals surface area contributed by atoms with E-state index in [9.17, 15) is 4.79 Å². The molecule has 0 aromatic carbocycles. The van der Waals surface area contributed by atoms with E-state index in [0.29, 0.717) is 15.8 Å². The maximum Gasteiger partial charge on any atom is 0.264 e. The van der Waals surface area contributed by atoms with Crippen LogP contribution in [0.2, 0.25) is 4.34 Å². The molecule has 4 nitrogen and oxygen atoms in total. The van der Waals surface area contributed by atoms with E-state index in [0.717, 1.165) is 18.7 Å². The van der Waals surface area contributed by atoms with E-state index in [4.69, 9.17) is 11.6 Å². The maximum absolute atomic E-state index is 12.6. The summed E-state index contributed by atoms with van der Waals surface area (Å²) in [6.07, 6.45) is 3.56. The number of halogens is 2. The van der Waals surface area contributed by atoms with Gasteiger partial charge in [-0.05, 0) is 23.8 Å². The van der Waals surface area contributed by atoms with E-state index in [2.05, 4.69) is 10.3 Å². The lowest BCUT2D eigenvalue weighted by Gasteiger charge is -2.36. The second-order valence-electron chi connectivity index (χ2n) is 4.61. The van der Waals surface area contributed by atoms with Crippen LogP contribution in [-0.2, 0) is 0 Å². The van der Waals surface area contributed by atoms with Crippen LogP contribution in [-0.4, -0.2) is 35.4 Å². The minimum atomic E-state index is 0. The van der Waals surface area contributed by atoms with Crippen LogP contribution in [0.25, 0.3) is 0 Å². The number of thiophene rings is 1. The summed E-state index contributed by atoms with van der Waals surface area (Å²) in [5.41, 5.74) is 1.05. The summed E-state index contributed by atoms with van der Waals surface area (Å²) in [4.78, 5) is 19.4. The fourth-order valence-electron chi connectivity index (χ4n) is 2.39. The topological polar surface area (TPSA) is 45.2 Å². The van der Waals surface area contributed by atoms with Crippen LogP contribution < -0.4 is 5.32 Å². The van der Waals surface area contributed by atoms with Crippen LogP contribution >= 0.6 is 35.3 Å². The van der Waals surface area contributed by atoms with Gasteiger partial charge in [0, 0.05) is 32.0 Å². The van der Waals surface area contributed by atoms with Crippen LogP contribution in [0.1, 0.15) is 21.3 Å². The Morgan fingerprint density at radius 1 is 1.43 bits per heavy atom. The van der Waals surface area contributed by atoms with Crippen LogP contribution in [0.15, 0.2) is 36.7 Å². The predicted octanol–water partition coefficient (Wildman–Crippen LogP) is 3.01. The Balaban J connectivity index is 0.00000161. The van der Waals surface area contributed by atoms with Crippen LogP contribution in [0, 0.1) is 0 Å². The first kappa shape index (κ1) is 16.2. The summed E-state index contributed by atoms with van der Waals surface area (Å²) in [5, 5.41) is 3.33. The highest BCUT2D eigenvalue weighted by atomic mass is 35.5. The van der Waals surface area contributed by atoms with Crippen molar-refractivity contribution in [1.82, 2.24) is 15.2 Å². The Bertz CT molecular complexity index is 605. The monoisotopic (exact) mass is 343 g/mol. The van der Waals surface area contributed by atoms with Gasteiger partial charge in [-0.3, -0.25) is 9.78 Å². The number of pyridine rings is 1. The fraction of sp³-hybridized carbons (Fsp3) is 0.286. The van der Waals surface area contributed by atoms with Crippen molar-refractivity contribution in [2.24, 2.45) is 0 Å². The number of carbonyl (C=O) groups is 1. The summed E-state index contributed by atoms with van der Waals surface area (Å²) in [7, 11) is 0. The Kier molecular flexibility index (Phi) is 5.58. The largest absolute Gasteiger partial charge is 0.328 e. The normalized spacial score (nSPS) is 18.1. The molecule has 2 aromatic heterocycles. The van der Waals surface area contributed by atoms with Gasteiger partial charge in [0.05, 0.1) is 15.3 Å². The van der Waals surface area contributed by atoms with E-state index in [1.807, 2.05) is 23.2 Å². The van der Waals surface area contributed by atoms with Crippen molar-refractivity contribution in [3.63, 3.8) is 0 Å². The molecule has 0 radical (unpaired) electrons. The Morgan fingerprint density at radius 2 is 2.29 bits per heavy atom. The Labute approximate surface area is 138 Å². The van der Waals surface area contributed by atoms with Gasteiger partial charge in [-0.15, -0.1) is 23.7 Å². The van der Waals surface area contributed by atoms with E-state index in [-0.39, 0.29) is 24.4 Å². The zero-order valence-electron chi connectivity index (χ0n) is 11.2. The molecule has 1 aliphatic rings. The molecular weight excluding hydrogens is 329 g/mol. The molecule has 1 atom stereocenters. The van der Waals surface area contributed by atoms with Crippen molar-refractivity contribution >= 4 is 41.3 Å². The number of piperazine rings is 1. The molecule has 21 heavy (non-hydrogen) atoms. The van der Waals surface area contributed by atoms with E-state index in [1.54, 1.807) is 18.3 Å². The third-order valence-corrected chi connectivity index (χ3v) is 4.58. The Morgan fingerprint density at radius 3 is 2.95 bits per heavy atom. The molecule has 1 amide bonds. The number of amides is 1. The van der Waals surface area contributed by atoms with Crippen LogP contribution in [0.3, 0.4) is 0 Å². The first-order valence-electron chi connectivity index (χ1n) is 6.42. The second kappa shape index (κ2) is 7.22. The lowest BCUT2D eigenvalue weighted by molar-refractivity contribution is 0.0639. The lowest BCUT2D eigenvalue weighted by atomic mass is 10.1. The first-order valence-corrected chi connectivity index (χ1v) is 7.62. The highest BCUT2D eigenvalue weighted by molar-refractivity contribution is 7.17. The third-order valence-electron chi connectivity index (χ3n) is 3.36. The molecule has 1 fully saturated rings. The molecule has 1 unspecified atom stereocenters. The lowest BCUT2D eigenvalue weighted by Crippen LogP contribution is -2.48. The number of nitrogens with zero attached hydrogens (tertiary/aromatic N) is 2. The zero-order chi connectivity index (χ0) is 13.9. The summed E-state index contributed by atoms with van der Waals surface area (Å²) in [5.74, 6) is 0.0391. The molecule has 1 aliphatic heterocycles. The highest BCUT2D eigenvalue weighted by Crippen LogP contribution is 2.27. The van der Waals surface area contributed by atoms with E-state index in [1.165, 1.54) is 11.3 Å². The fourth-order valence-corrected chi connectivity index (χ4v) is 3.39. The molecule has 0 spiro atoms. The zero-order valence-corrected chi connectivity index (χ0v) is 13.5. The molecule has 0 aliphatic carbocycles. The summed E-state index contributed by atoms with van der Waals surface area (Å²) >= 11 is 7.25. The molecule has 3 heterocycles. The smallest absolute Gasteiger partial charge is 0.264 e. The van der Waals surface area contributed by atoms with Gasteiger partial charge in [-0.1, -0.05) is 17.7 Å². The minimum Gasteiger partial charge on any atom is -0.328 e. The van der Waals surface area contributed by atoms with E-state index < -0.39 is 0 Å². The number of hydrogen-bond acceptors (Lipinski definition) is 4. The molecule has 1 N–H and O–H groups in total. The van der Waals surface area contributed by atoms with Crippen molar-refractivity contribution in [3.8, 4) is 0 Å². The Hall–Kier alpha value is -1.14. The van der Waals surface area contributed by atoms with E-state index >= 15 is 0 Å². The van der Waals surface area contributed by atoms with Crippen molar-refractivity contribution in [2.45, 2.75) is 6.04 Å². The summed E-state index contributed by atoms with van der Waals surface area (Å²) in [6, 6.07) is 7.48. The van der Waals surface area contributed by atoms with Gasteiger partial charge in [0.2, 0.25) is 0 Å². The van der Waals surface area contributed by atoms with Crippen LogP contribution in [0.4, 0.5) is 0 Å². The van der Waals surface area contributed by atoms with Gasteiger partial charge in [0.25, 0.3) is 5.91 Å².